The van der Waals surface area contributed by atoms with Crippen LogP contribution in [0.5, 0.6) is 0 Å². The largest absolute Gasteiger partial charge is 0.325 e. The van der Waals surface area contributed by atoms with Gasteiger partial charge in [0, 0.05) is 5.69 Å². The molecule has 3 rings (SSSR count). The lowest BCUT2D eigenvalue weighted by atomic mass is 9.89. The third kappa shape index (κ3) is 2.40. The van der Waals surface area contributed by atoms with E-state index in [1.54, 1.807) is 0 Å². The maximum atomic E-state index is 11.7. The number of anilines is 1. The average molecular weight is 250 g/mol. The molecule has 1 heterocycles. The molecule has 0 fully saturated rings. The first-order chi connectivity index (χ1) is 9.24. The summed E-state index contributed by atoms with van der Waals surface area (Å²) in [5.41, 5.74) is 4.38. The molecule has 0 saturated carbocycles. The van der Waals surface area contributed by atoms with Gasteiger partial charge in [0.25, 0.3) is 0 Å². The van der Waals surface area contributed by atoms with E-state index in [0.29, 0.717) is 6.54 Å². The fraction of sp³-hybridized carbons (Fsp3) is 0.133. The standard InChI is InChI=1S/C15H15BN2O/c16-11-6-7-13-12(8-11)15(17-9-14(19)18-13)10-4-2-1-3-5-10/h1-8,15,17H,9,16H2,(H,18,19). The Kier molecular flexibility index (Phi) is 3.09. The van der Waals surface area contributed by atoms with E-state index in [2.05, 4.69) is 36.7 Å². The smallest absolute Gasteiger partial charge is 0.238 e. The third-order valence-corrected chi connectivity index (χ3v) is 3.39. The normalized spacial score (nSPS) is 18.3. The topological polar surface area (TPSA) is 41.1 Å². The molecule has 94 valence electrons. The number of benzene rings is 2. The number of fused-ring (bicyclic) bond motifs is 1. The molecular formula is C15H15BN2O. The second-order valence-electron chi connectivity index (χ2n) is 4.86. The van der Waals surface area contributed by atoms with E-state index in [1.165, 1.54) is 11.0 Å². The number of amides is 1. The third-order valence-electron chi connectivity index (χ3n) is 3.39. The minimum absolute atomic E-state index is 0.00327. The van der Waals surface area contributed by atoms with Crippen LogP contribution >= 0.6 is 0 Å². The molecule has 2 N–H and O–H groups in total. The van der Waals surface area contributed by atoms with Crippen LogP contribution in [0.15, 0.2) is 48.5 Å². The minimum atomic E-state index is 0.00327. The van der Waals surface area contributed by atoms with Gasteiger partial charge in [0.2, 0.25) is 5.91 Å². The second kappa shape index (κ2) is 4.90. The molecule has 0 radical (unpaired) electrons. The number of rotatable bonds is 1. The summed E-state index contributed by atoms with van der Waals surface area (Å²) in [6.07, 6.45) is 0. The summed E-state index contributed by atoms with van der Waals surface area (Å²) in [7, 11) is 2.06. The highest BCUT2D eigenvalue weighted by Gasteiger charge is 2.22. The summed E-state index contributed by atoms with van der Waals surface area (Å²) in [6, 6.07) is 16.4. The maximum absolute atomic E-state index is 11.7. The Labute approximate surface area is 113 Å². The van der Waals surface area contributed by atoms with Gasteiger partial charge in [-0.3, -0.25) is 10.1 Å². The predicted molar refractivity (Wildman–Crippen MR) is 79.5 cm³/mol. The number of carbonyl (C=O) groups is 1. The highest BCUT2D eigenvalue weighted by atomic mass is 16.1. The van der Waals surface area contributed by atoms with E-state index in [9.17, 15) is 4.79 Å². The van der Waals surface area contributed by atoms with Crippen molar-refractivity contribution in [2.24, 2.45) is 0 Å². The molecule has 0 aromatic heterocycles. The molecule has 0 bridgehead atoms. The van der Waals surface area contributed by atoms with Crippen molar-refractivity contribution in [2.45, 2.75) is 6.04 Å². The van der Waals surface area contributed by atoms with Crippen molar-refractivity contribution < 1.29 is 4.79 Å². The Balaban J connectivity index is 2.11. The van der Waals surface area contributed by atoms with Gasteiger partial charge in [-0.05, 0) is 17.2 Å². The molecule has 2 aromatic rings. The van der Waals surface area contributed by atoms with Crippen molar-refractivity contribution in [2.75, 3.05) is 11.9 Å². The Morgan fingerprint density at radius 2 is 1.89 bits per heavy atom. The Hall–Kier alpha value is -2.07. The van der Waals surface area contributed by atoms with Gasteiger partial charge in [0.05, 0.1) is 12.6 Å². The predicted octanol–water partition coefficient (Wildman–Crippen LogP) is 0.576. The van der Waals surface area contributed by atoms with E-state index >= 15 is 0 Å². The van der Waals surface area contributed by atoms with Gasteiger partial charge in [-0.2, -0.15) is 0 Å². The number of nitrogens with one attached hydrogen (secondary N) is 2. The van der Waals surface area contributed by atoms with Crippen LogP contribution in [0.1, 0.15) is 17.2 Å². The monoisotopic (exact) mass is 250 g/mol. The lowest BCUT2D eigenvalue weighted by molar-refractivity contribution is -0.115. The number of hydrogen-bond donors (Lipinski definition) is 2. The van der Waals surface area contributed by atoms with Crippen LogP contribution < -0.4 is 16.1 Å². The summed E-state index contributed by atoms with van der Waals surface area (Å²) in [5, 5.41) is 6.27. The van der Waals surface area contributed by atoms with Crippen LogP contribution in [0.2, 0.25) is 0 Å². The zero-order valence-electron chi connectivity index (χ0n) is 10.8. The summed E-state index contributed by atoms with van der Waals surface area (Å²) < 4.78 is 0. The lowest BCUT2D eigenvalue weighted by Gasteiger charge is -2.19. The van der Waals surface area contributed by atoms with E-state index in [-0.39, 0.29) is 11.9 Å². The molecule has 1 atom stereocenters. The Bertz CT molecular complexity index is 613. The van der Waals surface area contributed by atoms with Crippen LogP contribution in [-0.4, -0.2) is 20.3 Å². The maximum Gasteiger partial charge on any atom is 0.238 e. The van der Waals surface area contributed by atoms with E-state index < -0.39 is 0 Å². The van der Waals surface area contributed by atoms with Crippen molar-refractivity contribution >= 4 is 24.9 Å². The van der Waals surface area contributed by atoms with Crippen LogP contribution in [0, 0.1) is 0 Å². The first-order valence-electron chi connectivity index (χ1n) is 6.43. The van der Waals surface area contributed by atoms with Crippen LogP contribution in [0.3, 0.4) is 0 Å². The summed E-state index contributed by atoms with van der Waals surface area (Å²) in [5.74, 6) is 0.00327. The quantitative estimate of drug-likeness (QED) is 0.727. The fourth-order valence-corrected chi connectivity index (χ4v) is 2.48. The van der Waals surface area contributed by atoms with Gasteiger partial charge in [0.15, 0.2) is 0 Å². The summed E-state index contributed by atoms with van der Waals surface area (Å²) in [6.45, 7) is 0.327. The molecule has 0 aliphatic carbocycles. The number of carbonyl (C=O) groups excluding carboxylic acids is 1. The van der Waals surface area contributed by atoms with Gasteiger partial charge in [-0.25, -0.2) is 0 Å². The fourth-order valence-electron chi connectivity index (χ4n) is 2.48. The van der Waals surface area contributed by atoms with Crippen molar-refractivity contribution in [3.05, 3.63) is 59.7 Å². The highest BCUT2D eigenvalue weighted by molar-refractivity contribution is 6.32. The van der Waals surface area contributed by atoms with Crippen molar-refractivity contribution in [1.29, 1.82) is 0 Å². The van der Waals surface area contributed by atoms with Gasteiger partial charge >= 0.3 is 0 Å². The van der Waals surface area contributed by atoms with Gasteiger partial charge in [-0.1, -0.05) is 47.9 Å². The Morgan fingerprint density at radius 1 is 1.11 bits per heavy atom. The molecule has 1 aliphatic heterocycles. The van der Waals surface area contributed by atoms with Gasteiger partial charge in [-0.15, -0.1) is 0 Å². The molecule has 2 aromatic carbocycles. The average Bonchev–Trinajstić information content (AvgIpc) is 2.58. The van der Waals surface area contributed by atoms with Crippen LogP contribution in [-0.2, 0) is 4.79 Å². The molecule has 1 amide bonds. The first-order valence-corrected chi connectivity index (χ1v) is 6.43. The zero-order chi connectivity index (χ0) is 13.2. The summed E-state index contributed by atoms with van der Waals surface area (Å²) in [4.78, 5) is 11.7. The van der Waals surface area contributed by atoms with Crippen molar-refractivity contribution in [3.63, 3.8) is 0 Å². The van der Waals surface area contributed by atoms with Crippen LogP contribution in [0.25, 0.3) is 0 Å². The summed E-state index contributed by atoms with van der Waals surface area (Å²) >= 11 is 0. The highest BCUT2D eigenvalue weighted by Crippen LogP contribution is 2.29. The number of hydrogen-bond acceptors (Lipinski definition) is 2. The van der Waals surface area contributed by atoms with E-state index in [0.717, 1.165) is 11.3 Å². The van der Waals surface area contributed by atoms with E-state index in [4.69, 9.17) is 0 Å². The molecule has 4 heteroatoms. The second-order valence-corrected chi connectivity index (χ2v) is 4.86. The molecule has 0 spiro atoms. The van der Waals surface area contributed by atoms with Crippen molar-refractivity contribution in [1.82, 2.24) is 5.32 Å². The molecule has 19 heavy (non-hydrogen) atoms. The molecule has 1 aliphatic rings. The van der Waals surface area contributed by atoms with Crippen molar-refractivity contribution in [3.8, 4) is 0 Å². The molecular weight excluding hydrogens is 235 g/mol. The lowest BCUT2D eigenvalue weighted by Crippen LogP contribution is -2.27. The SMILES string of the molecule is Bc1ccc2c(c1)C(c1ccccc1)NCC(=O)N2. The van der Waals surface area contributed by atoms with Gasteiger partial charge in [0.1, 0.15) is 7.85 Å². The van der Waals surface area contributed by atoms with E-state index in [1.807, 2.05) is 30.3 Å². The van der Waals surface area contributed by atoms with Gasteiger partial charge < -0.3 is 5.32 Å². The Morgan fingerprint density at radius 3 is 2.68 bits per heavy atom. The minimum Gasteiger partial charge on any atom is -0.325 e. The molecule has 0 saturated heterocycles. The first kappa shape index (κ1) is 12.0. The molecule has 3 nitrogen and oxygen atoms in total. The zero-order valence-corrected chi connectivity index (χ0v) is 10.8. The molecule has 1 unspecified atom stereocenters. The van der Waals surface area contributed by atoms with Crippen LogP contribution in [0.4, 0.5) is 5.69 Å².